The summed E-state index contributed by atoms with van der Waals surface area (Å²) < 4.78 is 14.7. The van der Waals surface area contributed by atoms with Crippen molar-refractivity contribution < 1.29 is 18.5 Å². The van der Waals surface area contributed by atoms with Crippen LogP contribution < -0.4 is 15.2 Å². The molecule has 2 aromatic heterocycles. The Morgan fingerprint density at radius 3 is 2.63 bits per heavy atom. The van der Waals surface area contributed by atoms with Gasteiger partial charge in [0.15, 0.2) is 6.20 Å². The van der Waals surface area contributed by atoms with Crippen molar-refractivity contribution in [3.63, 3.8) is 0 Å². The van der Waals surface area contributed by atoms with Gasteiger partial charge in [-0.1, -0.05) is 0 Å². The molecule has 30 heavy (non-hydrogen) atoms. The summed E-state index contributed by atoms with van der Waals surface area (Å²) in [6.07, 6.45) is 5.12. The highest BCUT2D eigenvalue weighted by atomic mass is 19.1. The number of halogens is 1. The van der Waals surface area contributed by atoms with Gasteiger partial charge in [0.05, 0.1) is 11.7 Å². The number of rotatable bonds is 4. The minimum atomic E-state index is -0.394. The lowest BCUT2D eigenvalue weighted by molar-refractivity contribution is -0.578. The van der Waals surface area contributed by atoms with Gasteiger partial charge in [-0.05, 0) is 55.8 Å². The van der Waals surface area contributed by atoms with Crippen molar-refractivity contribution in [2.45, 2.75) is 25.8 Å². The van der Waals surface area contributed by atoms with Crippen molar-refractivity contribution in [3.05, 3.63) is 89.3 Å². The lowest BCUT2D eigenvalue weighted by Gasteiger charge is -2.15. The molecule has 152 valence electrons. The average molecular weight is 405 g/mol. The van der Waals surface area contributed by atoms with Crippen LogP contribution in [0.1, 0.15) is 51.5 Å². The first-order valence-corrected chi connectivity index (χ1v) is 9.87. The third kappa shape index (κ3) is 4.05. The molecule has 0 bridgehead atoms. The van der Waals surface area contributed by atoms with Crippen molar-refractivity contribution in [1.29, 1.82) is 0 Å². The molecule has 0 radical (unpaired) electrons. The van der Waals surface area contributed by atoms with Gasteiger partial charge < -0.3 is 10.6 Å². The van der Waals surface area contributed by atoms with Crippen molar-refractivity contribution in [1.82, 2.24) is 10.3 Å². The van der Waals surface area contributed by atoms with Crippen LogP contribution >= 0.6 is 0 Å². The Labute approximate surface area is 173 Å². The third-order valence-electron chi connectivity index (χ3n) is 5.16. The Balaban J connectivity index is 1.48. The molecule has 1 unspecified atom stereocenters. The number of amides is 1. The van der Waals surface area contributed by atoms with E-state index in [0.29, 0.717) is 16.8 Å². The number of hydrogen-bond acceptors (Lipinski definition) is 4. The van der Waals surface area contributed by atoms with Gasteiger partial charge in [-0.25, -0.2) is 9.18 Å². The Hall–Kier alpha value is -3.61. The molecular formula is C23H22FN4O2+. The number of nitrogens with one attached hydrogen (secondary N) is 2. The quantitative estimate of drug-likeness (QED) is 0.655. The first kappa shape index (κ1) is 19.7. The van der Waals surface area contributed by atoms with Crippen molar-refractivity contribution in [2.24, 2.45) is 0 Å². The summed E-state index contributed by atoms with van der Waals surface area (Å²) in [5.41, 5.74) is 3.43. The van der Waals surface area contributed by atoms with E-state index >= 15 is 0 Å². The fourth-order valence-electron chi connectivity index (χ4n) is 3.51. The van der Waals surface area contributed by atoms with Crippen LogP contribution in [0.4, 0.5) is 10.1 Å². The highest BCUT2D eigenvalue weighted by Gasteiger charge is 2.27. The number of anilines is 1. The minimum Gasteiger partial charge on any atom is -0.380 e. The summed E-state index contributed by atoms with van der Waals surface area (Å²) >= 11 is 0. The summed E-state index contributed by atoms with van der Waals surface area (Å²) in [6, 6.07) is 12.3. The summed E-state index contributed by atoms with van der Waals surface area (Å²) in [5, 5.41) is 6.15. The SMILES string of the molecule is CC(NC(=O)c1ccc(F)cc1)c1ccc(C(=O)[n+]2cccc3c2CCCN3)cn1. The molecule has 0 saturated carbocycles. The molecular weight excluding hydrogens is 383 g/mol. The fourth-order valence-corrected chi connectivity index (χ4v) is 3.51. The van der Waals surface area contributed by atoms with Crippen molar-refractivity contribution in [3.8, 4) is 0 Å². The molecule has 3 heterocycles. The van der Waals surface area contributed by atoms with E-state index in [0.717, 1.165) is 30.8 Å². The lowest BCUT2D eigenvalue weighted by atomic mass is 10.1. The van der Waals surface area contributed by atoms with Gasteiger partial charge in [0.25, 0.3) is 5.91 Å². The highest BCUT2D eigenvalue weighted by molar-refractivity contribution is 5.94. The van der Waals surface area contributed by atoms with Crippen molar-refractivity contribution in [2.75, 3.05) is 11.9 Å². The first-order chi connectivity index (χ1) is 14.5. The number of fused-ring (bicyclic) bond motifs is 1. The smallest absolute Gasteiger partial charge is 0.380 e. The van der Waals surface area contributed by atoms with E-state index in [2.05, 4.69) is 15.6 Å². The van der Waals surface area contributed by atoms with Gasteiger partial charge in [0.2, 0.25) is 5.69 Å². The third-order valence-corrected chi connectivity index (χ3v) is 5.16. The zero-order valence-corrected chi connectivity index (χ0v) is 16.6. The van der Waals surface area contributed by atoms with Gasteiger partial charge >= 0.3 is 5.91 Å². The largest absolute Gasteiger partial charge is 0.426 e. The van der Waals surface area contributed by atoms with Crippen LogP contribution in [0, 0.1) is 5.82 Å². The Bertz CT molecular complexity index is 1080. The van der Waals surface area contributed by atoms with Crippen LogP contribution in [0.5, 0.6) is 0 Å². The van der Waals surface area contributed by atoms with E-state index in [1.165, 1.54) is 30.5 Å². The monoisotopic (exact) mass is 405 g/mol. The molecule has 0 aliphatic carbocycles. The van der Waals surface area contributed by atoms with E-state index in [4.69, 9.17) is 0 Å². The predicted molar refractivity (Wildman–Crippen MR) is 110 cm³/mol. The molecule has 6 nitrogen and oxygen atoms in total. The number of benzene rings is 1. The standard InChI is InChI=1S/C23H21FN4O2/c1-15(27-22(29)16-6-9-18(24)10-7-16)19-11-8-17(14-26-19)23(30)28-13-3-4-20-21(28)5-2-12-25-20/h3-4,6-11,13-15,25H,2,5,12H2,1H3/p+1. The van der Waals surface area contributed by atoms with E-state index < -0.39 is 5.82 Å². The first-order valence-electron chi connectivity index (χ1n) is 9.87. The maximum absolute atomic E-state index is 13.0. The van der Waals surface area contributed by atoms with Crippen LogP contribution in [0.2, 0.25) is 0 Å². The normalized spacial score (nSPS) is 13.7. The summed E-state index contributed by atoms with van der Waals surface area (Å²) in [5.74, 6) is -0.851. The maximum atomic E-state index is 13.0. The molecule has 0 fully saturated rings. The molecule has 1 atom stereocenters. The van der Waals surface area contributed by atoms with E-state index in [9.17, 15) is 14.0 Å². The molecule has 1 aliphatic heterocycles. The van der Waals surface area contributed by atoms with Gasteiger partial charge in [-0.2, -0.15) is 0 Å². The number of pyridine rings is 2. The zero-order valence-electron chi connectivity index (χ0n) is 16.6. The fraction of sp³-hybridized carbons (Fsp3) is 0.217. The lowest BCUT2D eigenvalue weighted by Crippen LogP contribution is -2.47. The number of nitrogens with zero attached hydrogens (tertiary/aromatic N) is 2. The molecule has 0 saturated heterocycles. The number of carbonyl (C=O) groups is 2. The second-order valence-electron chi connectivity index (χ2n) is 7.25. The number of carbonyl (C=O) groups excluding carboxylic acids is 2. The molecule has 2 N–H and O–H groups in total. The zero-order chi connectivity index (χ0) is 21.1. The summed E-state index contributed by atoms with van der Waals surface area (Å²) in [4.78, 5) is 29.7. The molecule has 1 amide bonds. The minimum absolute atomic E-state index is 0.141. The van der Waals surface area contributed by atoms with E-state index in [1.807, 2.05) is 12.1 Å². The highest BCUT2D eigenvalue weighted by Crippen LogP contribution is 2.18. The van der Waals surface area contributed by atoms with Gasteiger partial charge in [-0.3, -0.25) is 9.78 Å². The molecule has 1 aliphatic rings. The summed E-state index contributed by atoms with van der Waals surface area (Å²) in [6.45, 7) is 2.71. The number of hydrogen-bond donors (Lipinski definition) is 2. The van der Waals surface area contributed by atoms with Crippen LogP contribution in [0.3, 0.4) is 0 Å². The summed E-state index contributed by atoms with van der Waals surface area (Å²) in [7, 11) is 0. The van der Waals surface area contributed by atoms with Crippen LogP contribution in [0.15, 0.2) is 60.9 Å². The average Bonchev–Trinajstić information content (AvgIpc) is 2.78. The van der Waals surface area contributed by atoms with Gasteiger partial charge in [-0.15, -0.1) is 4.57 Å². The molecule has 7 heteroatoms. The Morgan fingerprint density at radius 1 is 1.13 bits per heavy atom. The Kier molecular flexibility index (Phi) is 5.52. The second-order valence-corrected chi connectivity index (χ2v) is 7.25. The predicted octanol–water partition coefficient (Wildman–Crippen LogP) is 3.05. The van der Waals surface area contributed by atoms with Gasteiger partial charge in [0.1, 0.15) is 17.1 Å². The van der Waals surface area contributed by atoms with Crippen LogP contribution in [0.25, 0.3) is 0 Å². The van der Waals surface area contributed by atoms with Crippen LogP contribution in [-0.4, -0.2) is 23.3 Å². The number of aromatic nitrogens is 2. The van der Waals surface area contributed by atoms with E-state index in [-0.39, 0.29) is 17.9 Å². The topological polar surface area (TPSA) is 75.0 Å². The van der Waals surface area contributed by atoms with E-state index in [1.54, 1.807) is 29.8 Å². The van der Waals surface area contributed by atoms with Gasteiger partial charge in [0, 0.05) is 30.8 Å². The second kappa shape index (κ2) is 8.41. The molecule has 4 rings (SSSR count). The van der Waals surface area contributed by atoms with Crippen LogP contribution in [-0.2, 0) is 6.42 Å². The molecule has 0 spiro atoms. The maximum Gasteiger partial charge on any atom is 0.426 e. The molecule has 1 aromatic carbocycles. The molecule has 3 aromatic rings. The van der Waals surface area contributed by atoms with Crippen molar-refractivity contribution >= 4 is 17.5 Å². The Morgan fingerprint density at radius 2 is 1.90 bits per heavy atom.